The second-order valence-corrected chi connectivity index (χ2v) is 1.22. The Morgan fingerprint density at radius 2 is 1.33 bits per heavy atom. The van der Waals surface area contributed by atoms with Gasteiger partial charge >= 0.3 is 18.5 Å². The van der Waals surface area contributed by atoms with Crippen LogP contribution in [-0.4, -0.2) is 17.5 Å². The Morgan fingerprint density at radius 1 is 1.33 bits per heavy atom. The van der Waals surface area contributed by atoms with Crippen molar-refractivity contribution in [2.24, 2.45) is 0 Å². The molecule has 0 saturated carbocycles. The first-order valence-corrected chi connectivity index (χ1v) is 2.00. The van der Waals surface area contributed by atoms with Gasteiger partial charge in [0.2, 0.25) is 0 Å². The first-order chi connectivity index (χ1) is 2.00. The molecule has 0 aromatic heterocycles. The van der Waals surface area contributed by atoms with E-state index in [0.29, 0.717) is 0 Å². The van der Waals surface area contributed by atoms with Crippen LogP contribution < -0.4 is 0 Å². The van der Waals surface area contributed by atoms with E-state index >= 15 is 0 Å². The molecule has 0 aromatic carbocycles. The summed E-state index contributed by atoms with van der Waals surface area (Å²) >= 11 is 0. The van der Waals surface area contributed by atoms with Gasteiger partial charge in [0.05, 0.1) is 0 Å². The summed E-state index contributed by atoms with van der Waals surface area (Å²) in [5.74, 6) is 0. The Morgan fingerprint density at radius 3 is 1.33 bits per heavy atom. The summed E-state index contributed by atoms with van der Waals surface area (Å²) in [5.41, 5.74) is 0. The third-order valence-electron chi connectivity index (χ3n) is 0. The minimum absolute atomic E-state index is 0. The van der Waals surface area contributed by atoms with E-state index in [1.54, 1.807) is 0 Å². The standard InChI is InChI=1S/Fe.H2O4S/c;1-5(2,3)4/h;(H2,1,2,3,4)/q+3;/p-1. The molecule has 0 spiro atoms. The summed E-state index contributed by atoms with van der Waals surface area (Å²) < 4.78 is 34.1. The van der Waals surface area contributed by atoms with Gasteiger partial charge in [-0.1, -0.05) is 0 Å². The molecule has 0 aromatic rings. The number of hydrogen-bond donors (Lipinski definition) is 0. The zero-order valence-corrected chi connectivity index (χ0v) is 4.32. The van der Waals surface area contributed by atoms with Gasteiger partial charge in [-0.3, -0.25) is 8.42 Å². The van der Waals surface area contributed by atoms with Gasteiger partial charge in [0.25, 0.3) is 0 Å². The molecule has 0 N–H and O–H groups in total. The normalized spacial score (nSPS) is 9.67. The SMILES string of the molecule is O=S(=O)([O-])[O-].[Fe+3].[H+]. The van der Waals surface area contributed by atoms with E-state index in [2.05, 4.69) is 0 Å². The van der Waals surface area contributed by atoms with Gasteiger partial charge in [-0.25, -0.2) is 0 Å². The van der Waals surface area contributed by atoms with Crippen molar-refractivity contribution in [1.29, 1.82) is 0 Å². The molecule has 0 aliphatic heterocycles. The third kappa shape index (κ3) is 332. The van der Waals surface area contributed by atoms with Gasteiger partial charge < -0.3 is 9.11 Å². The third-order valence-corrected chi connectivity index (χ3v) is 0. The van der Waals surface area contributed by atoms with E-state index in [4.69, 9.17) is 17.5 Å². The molecule has 37 valence electrons. The van der Waals surface area contributed by atoms with Gasteiger partial charge in [-0.05, 0) is 0 Å². The largest absolute Gasteiger partial charge is 3.00 e. The van der Waals surface area contributed by atoms with Gasteiger partial charge in [-0.15, -0.1) is 0 Å². The predicted octanol–water partition coefficient (Wildman–Crippen LogP) is -1.23. The molecule has 0 bridgehead atoms. The van der Waals surface area contributed by atoms with Crippen molar-refractivity contribution < 1.29 is 36.0 Å². The van der Waals surface area contributed by atoms with Crippen molar-refractivity contribution in [1.82, 2.24) is 0 Å². The van der Waals surface area contributed by atoms with Gasteiger partial charge in [-0.2, -0.15) is 0 Å². The molecule has 4 nitrogen and oxygen atoms in total. The molecule has 0 saturated heterocycles. The summed E-state index contributed by atoms with van der Waals surface area (Å²) in [7, 11) is -5.17. The van der Waals surface area contributed by atoms with Crippen LogP contribution in [-0.2, 0) is 27.5 Å². The molecule has 0 heterocycles. The summed E-state index contributed by atoms with van der Waals surface area (Å²) in [6.45, 7) is 0. The fourth-order valence-electron chi connectivity index (χ4n) is 0. The van der Waals surface area contributed by atoms with Crippen LogP contribution in [0.2, 0.25) is 0 Å². The zero-order valence-electron chi connectivity index (χ0n) is 3.39. The fourth-order valence-corrected chi connectivity index (χ4v) is 0. The second kappa shape index (κ2) is 2.54. The average molecular weight is 153 g/mol. The molecule has 0 rings (SSSR count). The van der Waals surface area contributed by atoms with Crippen LogP contribution >= 0.6 is 0 Å². The maximum Gasteiger partial charge on any atom is 3.00 e. The van der Waals surface area contributed by atoms with E-state index in [9.17, 15) is 0 Å². The summed E-state index contributed by atoms with van der Waals surface area (Å²) in [4.78, 5) is 0. The molecule has 0 unspecified atom stereocenters. The molecule has 0 amide bonds. The van der Waals surface area contributed by atoms with Crippen LogP contribution in [0, 0.1) is 0 Å². The molecule has 0 aliphatic rings. The van der Waals surface area contributed by atoms with E-state index < -0.39 is 10.4 Å². The number of rotatable bonds is 0. The Kier molecular flexibility index (Phi) is 4.08. The molecule has 0 fully saturated rings. The summed E-state index contributed by atoms with van der Waals surface area (Å²) in [5, 5.41) is 0. The molecule has 6 heavy (non-hydrogen) atoms. The van der Waals surface area contributed by atoms with Crippen molar-refractivity contribution in [3.8, 4) is 0 Å². The Balaban J connectivity index is -0.0000000800. The van der Waals surface area contributed by atoms with Crippen LogP contribution in [0.1, 0.15) is 1.43 Å². The first-order valence-electron chi connectivity index (χ1n) is 0.667. The van der Waals surface area contributed by atoms with Gasteiger partial charge in [0.15, 0.2) is 0 Å². The van der Waals surface area contributed by atoms with Crippen LogP contribution in [0.5, 0.6) is 0 Å². The smallest absolute Gasteiger partial charge is 0.759 e. The van der Waals surface area contributed by atoms with Crippen molar-refractivity contribution in [2.75, 3.05) is 0 Å². The predicted molar refractivity (Wildman–Crippen MR) is 11.6 cm³/mol. The molecular formula is HFeO4S+2. The summed E-state index contributed by atoms with van der Waals surface area (Å²) in [6.07, 6.45) is 0. The van der Waals surface area contributed by atoms with Crippen LogP contribution in [0.25, 0.3) is 0 Å². The Labute approximate surface area is 47.1 Å². The number of hydrogen-bond acceptors (Lipinski definition) is 4. The van der Waals surface area contributed by atoms with Gasteiger partial charge in [0.1, 0.15) is 0 Å². The molecule has 0 aliphatic carbocycles. The molecular weight excluding hydrogens is 152 g/mol. The zero-order chi connectivity index (χ0) is 4.50. The molecule has 6 heteroatoms. The monoisotopic (exact) mass is 153 g/mol. The van der Waals surface area contributed by atoms with E-state index in [1.165, 1.54) is 0 Å². The van der Waals surface area contributed by atoms with E-state index in [0.717, 1.165) is 0 Å². The van der Waals surface area contributed by atoms with Crippen LogP contribution in [0.3, 0.4) is 0 Å². The van der Waals surface area contributed by atoms with Crippen molar-refractivity contribution in [3.63, 3.8) is 0 Å². The quantitative estimate of drug-likeness (QED) is 0.248. The van der Waals surface area contributed by atoms with E-state index in [1.807, 2.05) is 0 Å². The Bertz CT molecular complexity index is 94.9. The van der Waals surface area contributed by atoms with Crippen molar-refractivity contribution in [3.05, 3.63) is 0 Å². The average Bonchev–Trinajstić information content (AvgIpc) is 0.722. The van der Waals surface area contributed by atoms with Crippen LogP contribution in [0.4, 0.5) is 0 Å². The minimum Gasteiger partial charge on any atom is -0.759 e. The second-order valence-electron chi connectivity index (χ2n) is 0.408. The summed E-state index contributed by atoms with van der Waals surface area (Å²) in [6, 6.07) is 0. The molecule has 1 radical (unpaired) electrons. The van der Waals surface area contributed by atoms with Crippen molar-refractivity contribution in [2.45, 2.75) is 0 Å². The topological polar surface area (TPSA) is 80.3 Å². The minimum atomic E-state index is -5.17. The maximum absolute atomic E-state index is 8.52. The maximum atomic E-state index is 8.52. The van der Waals surface area contributed by atoms with E-state index in [-0.39, 0.29) is 18.5 Å². The van der Waals surface area contributed by atoms with Gasteiger partial charge in [0, 0.05) is 10.4 Å². The van der Waals surface area contributed by atoms with Crippen molar-refractivity contribution >= 4 is 10.4 Å². The Hall–Kier alpha value is 0.389. The molecule has 0 atom stereocenters. The fraction of sp³-hybridized carbons (Fsp3) is 0. The van der Waals surface area contributed by atoms with Crippen LogP contribution in [0.15, 0.2) is 0 Å². The first kappa shape index (κ1) is 9.63.